The van der Waals surface area contributed by atoms with E-state index in [2.05, 4.69) is 20.0 Å². The number of anilines is 3. The molecule has 11 nitrogen and oxygen atoms in total. The summed E-state index contributed by atoms with van der Waals surface area (Å²) in [6.45, 7) is 1.89. The fraction of sp³-hybridized carbons (Fsp3) is 0.0870. The zero-order chi connectivity index (χ0) is 25.9. The molecule has 0 saturated carbocycles. The van der Waals surface area contributed by atoms with Gasteiger partial charge < -0.3 is 10.1 Å². The van der Waals surface area contributed by atoms with Crippen molar-refractivity contribution in [1.29, 1.82) is 0 Å². The van der Waals surface area contributed by atoms with E-state index in [4.69, 9.17) is 16.3 Å². The van der Waals surface area contributed by atoms with Gasteiger partial charge in [-0.15, -0.1) is 0 Å². The molecule has 1 aromatic heterocycles. The van der Waals surface area contributed by atoms with Crippen molar-refractivity contribution in [2.45, 2.75) is 11.8 Å². The Morgan fingerprint density at radius 2 is 1.64 bits per heavy atom. The molecule has 1 aliphatic rings. The topological polar surface area (TPSA) is 148 Å². The highest BCUT2D eigenvalue weighted by atomic mass is 35.5. The summed E-state index contributed by atoms with van der Waals surface area (Å²) in [6.07, 6.45) is 2.79. The highest BCUT2D eigenvalue weighted by Gasteiger charge is 2.39. The van der Waals surface area contributed by atoms with E-state index in [1.807, 2.05) is 0 Å². The molecule has 3 aromatic rings. The average Bonchev–Trinajstić information content (AvgIpc) is 3.08. The fourth-order valence-electron chi connectivity index (χ4n) is 3.20. The summed E-state index contributed by atoms with van der Waals surface area (Å²) in [5.41, 5.74) is 0.616. The SMILES string of the molecule is CCOC(=O)c1ccc(N2C(=O)C(Cl)=C(Nc3ccc(S(=O)(=O)Nc4ncccn4)cc3)C2=O)cc1. The number of nitrogens with zero attached hydrogens (tertiary/aromatic N) is 3. The van der Waals surface area contributed by atoms with Crippen LogP contribution in [0.1, 0.15) is 17.3 Å². The third-order valence-corrected chi connectivity index (χ3v) is 6.58. The fourth-order valence-corrected chi connectivity index (χ4v) is 4.37. The van der Waals surface area contributed by atoms with E-state index >= 15 is 0 Å². The van der Waals surface area contributed by atoms with Gasteiger partial charge in [0.1, 0.15) is 10.7 Å². The molecular weight excluding hydrogens is 510 g/mol. The maximum absolute atomic E-state index is 13.0. The van der Waals surface area contributed by atoms with Crippen LogP contribution in [0, 0.1) is 0 Å². The van der Waals surface area contributed by atoms with Gasteiger partial charge in [-0.1, -0.05) is 11.6 Å². The van der Waals surface area contributed by atoms with Crippen molar-refractivity contribution in [3.05, 3.63) is 83.3 Å². The van der Waals surface area contributed by atoms with E-state index in [0.29, 0.717) is 5.69 Å². The van der Waals surface area contributed by atoms with E-state index in [1.165, 1.54) is 60.9 Å². The van der Waals surface area contributed by atoms with Crippen LogP contribution in [0.2, 0.25) is 0 Å². The largest absolute Gasteiger partial charge is 0.462 e. The first-order valence-corrected chi connectivity index (χ1v) is 12.3. The van der Waals surface area contributed by atoms with E-state index < -0.39 is 27.8 Å². The molecule has 0 unspecified atom stereocenters. The highest BCUT2D eigenvalue weighted by Crippen LogP contribution is 2.30. The number of halogens is 1. The lowest BCUT2D eigenvalue weighted by Gasteiger charge is -2.15. The molecule has 2 amide bonds. The van der Waals surface area contributed by atoms with Crippen LogP contribution in [-0.4, -0.2) is 42.8 Å². The molecule has 0 fully saturated rings. The Morgan fingerprint density at radius 3 is 2.25 bits per heavy atom. The molecule has 2 aromatic carbocycles. The number of rotatable bonds is 8. The Balaban J connectivity index is 1.49. The molecule has 0 aliphatic carbocycles. The number of imide groups is 1. The minimum atomic E-state index is -3.95. The quantitative estimate of drug-likeness (QED) is 0.333. The molecular formula is C23H18ClN5O6S. The van der Waals surface area contributed by atoms with Crippen molar-refractivity contribution in [3.63, 3.8) is 0 Å². The Kier molecular flexibility index (Phi) is 6.99. The molecule has 0 spiro atoms. The van der Waals surface area contributed by atoms with Gasteiger partial charge in [-0.2, -0.15) is 0 Å². The summed E-state index contributed by atoms with van der Waals surface area (Å²) >= 11 is 6.15. The number of amides is 2. The molecule has 184 valence electrons. The number of benzene rings is 2. The van der Waals surface area contributed by atoms with Crippen LogP contribution in [0.15, 0.2) is 82.6 Å². The first-order chi connectivity index (χ1) is 17.2. The molecule has 4 rings (SSSR count). The molecule has 2 N–H and O–H groups in total. The van der Waals surface area contributed by atoms with Crippen LogP contribution in [0.25, 0.3) is 0 Å². The van der Waals surface area contributed by atoms with Gasteiger partial charge >= 0.3 is 5.97 Å². The maximum atomic E-state index is 13.0. The predicted octanol–water partition coefficient (Wildman–Crippen LogP) is 2.89. The molecule has 0 bridgehead atoms. The summed E-state index contributed by atoms with van der Waals surface area (Å²) in [6, 6.07) is 12.7. The summed E-state index contributed by atoms with van der Waals surface area (Å²) in [7, 11) is -3.95. The van der Waals surface area contributed by atoms with Gasteiger partial charge in [-0.3, -0.25) is 9.59 Å². The lowest BCUT2D eigenvalue weighted by molar-refractivity contribution is -0.120. The Bertz CT molecular complexity index is 1460. The highest BCUT2D eigenvalue weighted by molar-refractivity contribution is 7.92. The molecule has 13 heteroatoms. The lowest BCUT2D eigenvalue weighted by Crippen LogP contribution is -2.32. The molecule has 2 heterocycles. The Morgan fingerprint density at radius 1 is 1.00 bits per heavy atom. The minimum absolute atomic E-state index is 0.0716. The van der Waals surface area contributed by atoms with Crippen molar-refractivity contribution in [2.24, 2.45) is 0 Å². The summed E-state index contributed by atoms with van der Waals surface area (Å²) < 4.78 is 32.2. The number of carbonyl (C=O) groups excluding carboxylic acids is 3. The number of ether oxygens (including phenoxy) is 1. The van der Waals surface area contributed by atoms with Gasteiger partial charge in [0.2, 0.25) is 5.95 Å². The summed E-state index contributed by atoms with van der Waals surface area (Å²) in [4.78, 5) is 45.9. The second-order valence-electron chi connectivity index (χ2n) is 7.23. The zero-order valence-electron chi connectivity index (χ0n) is 18.6. The number of nitrogens with one attached hydrogen (secondary N) is 2. The second-order valence-corrected chi connectivity index (χ2v) is 9.29. The van der Waals surface area contributed by atoms with Crippen molar-refractivity contribution < 1.29 is 27.5 Å². The number of sulfonamides is 1. The van der Waals surface area contributed by atoms with E-state index in [0.717, 1.165) is 4.90 Å². The summed E-state index contributed by atoms with van der Waals surface area (Å²) in [5, 5.41) is 2.43. The molecule has 0 radical (unpaired) electrons. The predicted molar refractivity (Wildman–Crippen MR) is 131 cm³/mol. The van der Waals surface area contributed by atoms with Crippen molar-refractivity contribution in [2.75, 3.05) is 21.5 Å². The number of hydrogen-bond acceptors (Lipinski definition) is 9. The number of carbonyl (C=O) groups is 3. The van der Waals surface area contributed by atoms with Crippen molar-refractivity contribution >= 4 is 56.7 Å². The average molecular weight is 528 g/mol. The molecule has 1 aliphatic heterocycles. The maximum Gasteiger partial charge on any atom is 0.338 e. The van der Waals surface area contributed by atoms with Gasteiger partial charge in [0.25, 0.3) is 21.8 Å². The van der Waals surface area contributed by atoms with Gasteiger partial charge in [0.05, 0.1) is 22.8 Å². The van der Waals surface area contributed by atoms with Crippen LogP contribution >= 0.6 is 11.6 Å². The number of hydrogen-bond donors (Lipinski definition) is 2. The van der Waals surface area contributed by atoms with E-state index in [1.54, 1.807) is 13.0 Å². The van der Waals surface area contributed by atoms with Crippen molar-refractivity contribution in [3.8, 4) is 0 Å². The number of aromatic nitrogens is 2. The minimum Gasteiger partial charge on any atom is -0.462 e. The van der Waals surface area contributed by atoms with E-state index in [-0.39, 0.29) is 39.4 Å². The van der Waals surface area contributed by atoms with E-state index in [9.17, 15) is 22.8 Å². The van der Waals surface area contributed by atoms with Crippen molar-refractivity contribution in [1.82, 2.24) is 9.97 Å². The first-order valence-electron chi connectivity index (χ1n) is 10.4. The molecule has 0 saturated heterocycles. The first kappa shape index (κ1) is 24.8. The number of esters is 1. The van der Waals surface area contributed by atoms with Crippen LogP contribution in [0.5, 0.6) is 0 Å². The second kappa shape index (κ2) is 10.1. The van der Waals surface area contributed by atoms with Gasteiger partial charge in [0.15, 0.2) is 0 Å². The van der Waals surface area contributed by atoms with Crippen LogP contribution in [0.3, 0.4) is 0 Å². The van der Waals surface area contributed by atoms with Crippen LogP contribution in [-0.2, 0) is 24.3 Å². The zero-order valence-corrected chi connectivity index (χ0v) is 20.2. The summed E-state index contributed by atoms with van der Waals surface area (Å²) in [5.74, 6) is -2.08. The van der Waals surface area contributed by atoms with Crippen LogP contribution in [0.4, 0.5) is 17.3 Å². The smallest absolute Gasteiger partial charge is 0.338 e. The standard InChI is InChI=1S/C23H18ClN5O6S/c1-2-35-22(32)14-4-8-16(9-5-14)29-20(30)18(24)19(21(29)31)27-15-6-10-17(11-7-15)36(33,34)28-23-25-12-3-13-26-23/h3-13,27H,2H2,1H3,(H,25,26,28). The third-order valence-electron chi connectivity index (χ3n) is 4.89. The van der Waals surface area contributed by atoms with Gasteiger partial charge in [-0.05, 0) is 61.5 Å². The monoisotopic (exact) mass is 527 g/mol. The molecule has 0 atom stereocenters. The normalized spacial score (nSPS) is 13.7. The van der Waals surface area contributed by atoms with Gasteiger partial charge in [0, 0.05) is 18.1 Å². The Labute approximate surface area is 210 Å². The molecule has 36 heavy (non-hydrogen) atoms. The Hall–Kier alpha value is -4.29. The van der Waals surface area contributed by atoms with Gasteiger partial charge in [-0.25, -0.2) is 32.8 Å². The lowest BCUT2D eigenvalue weighted by atomic mass is 10.2. The third kappa shape index (κ3) is 5.04. The van der Waals surface area contributed by atoms with Crippen LogP contribution < -0.4 is 14.9 Å².